The molecule has 1 aromatic carbocycles. The molecule has 1 aliphatic rings. The van der Waals surface area contributed by atoms with Gasteiger partial charge in [-0.2, -0.15) is 4.31 Å². The number of benzene rings is 1. The molecule has 9 nitrogen and oxygen atoms in total. The Kier molecular flexibility index (Phi) is 5.27. The number of hydrogen-bond donors (Lipinski definition) is 0. The van der Waals surface area contributed by atoms with E-state index in [-0.39, 0.29) is 19.0 Å². The summed E-state index contributed by atoms with van der Waals surface area (Å²) < 4.78 is 29.4. The van der Waals surface area contributed by atoms with Crippen molar-refractivity contribution in [3.8, 4) is 5.69 Å². The Hall–Kier alpha value is -2.15. The van der Waals surface area contributed by atoms with Crippen molar-refractivity contribution in [1.82, 2.24) is 29.4 Å². The summed E-state index contributed by atoms with van der Waals surface area (Å²) in [5.74, 6) is -0.126. The van der Waals surface area contributed by atoms with Crippen LogP contribution in [0.1, 0.15) is 10.4 Å². The van der Waals surface area contributed by atoms with Gasteiger partial charge in [0.25, 0.3) is 15.9 Å². The van der Waals surface area contributed by atoms with Crippen molar-refractivity contribution in [3.05, 3.63) is 52.1 Å². The molecule has 0 bridgehead atoms. The standard InChI is InChI=1S/C16H15BrN6O3S2/c17-14-5-6-15(27-14)28(25,26)22-9-7-21(8-10-22)16(24)12-1-3-13(4-2-12)23-11-18-19-20-23/h1-6,11H,7-10H2. The van der Waals surface area contributed by atoms with Gasteiger partial charge in [0.1, 0.15) is 10.5 Å². The highest BCUT2D eigenvalue weighted by Gasteiger charge is 2.31. The number of hydrogen-bond acceptors (Lipinski definition) is 7. The van der Waals surface area contributed by atoms with E-state index in [1.165, 1.54) is 26.7 Å². The van der Waals surface area contributed by atoms with Crippen LogP contribution < -0.4 is 0 Å². The Balaban J connectivity index is 1.41. The summed E-state index contributed by atoms with van der Waals surface area (Å²) in [4.78, 5) is 14.4. The summed E-state index contributed by atoms with van der Waals surface area (Å²) in [7, 11) is -3.52. The number of thiophene rings is 1. The average molecular weight is 483 g/mol. The molecule has 0 spiro atoms. The van der Waals surface area contributed by atoms with Crippen LogP contribution in [0.5, 0.6) is 0 Å². The topological polar surface area (TPSA) is 101 Å². The number of sulfonamides is 1. The van der Waals surface area contributed by atoms with Crippen LogP contribution in [0.25, 0.3) is 5.69 Å². The summed E-state index contributed by atoms with van der Waals surface area (Å²) in [5.41, 5.74) is 1.29. The molecular formula is C16H15BrN6O3S2. The van der Waals surface area contributed by atoms with Gasteiger partial charge in [-0.1, -0.05) is 0 Å². The molecule has 28 heavy (non-hydrogen) atoms. The van der Waals surface area contributed by atoms with Crippen molar-refractivity contribution >= 4 is 43.2 Å². The molecule has 2 aromatic heterocycles. The molecule has 0 atom stereocenters. The monoisotopic (exact) mass is 482 g/mol. The molecule has 1 fully saturated rings. The van der Waals surface area contributed by atoms with E-state index in [9.17, 15) is 13.2 Å². The predicted molar refractivity (Wildman–Crippen MR) is 106 cm³/mol. The summed E-state index contributed by atoms with van der Waals surface area (Å²) >= 11 is 4.47. The first-order valence-electron chi connectivity index (χ1n) is 8.33. The maximum atomic E-state index is 12.7. The van der Waals surface area contributed by atoms with Gasteiger partial charge in [0.15, 0.2) is 0 Å². The van der Waals surface area contributed by atoms with Gasteiger partial charge >= 0.3 is 0 Å². The molecule has 3 heterocycles. The molecule has 1 amide bonds. The lowest BCUT2D eigenvalue weighted by atomic mass is 10.1. The number of carbonyl (C=O) groups excluding carboxylic acids is 1. The number of tetrazole rings is 1. The van der Waals surface area contributed by atoms with Crippen LogP contribution in [0, 0.1) is 0 Å². The van der Waals surface area contributed by atoms with E-state index in [0.717, 1.165) is 9.47 Å². The zero-order valence-corrected chi connectivity index (χ0v) is 17.7. The Morgan fingerprint density at radius 2 is 1.75 bits per heavy atom. The van der Waals surface area contributed by atoms with Crippen LogP contribution in [0.4, 0.5) is 0 Å². The number of piperazine rings is 1. The second-order valence-electron chi connectivity index (χ2n) is 6.06. The number of carbonyl (C=O) groups is 1. The number of nitrogens with zero attached hydrogens (tertiary/aromatic N) is 6. The summed E-state index contributed by atoms with van der Waals surface area (Å²) in [6.07, 6.45) is 1.47. The zero-order chi connectivity index (χ0) is 19.7. The van der Waals surface area contributed by atoms with Crippen molar-refractivity contribution < 1.29 is 13.2 Å². The van der Waals surface area contributed by atoms with Gasteiger partial charge in [0.2, 0.25) is 0 Å². The molecule has 0 saturated carbocycles. The summed E-state index contributed by atoms with van der Waals surface area (Å²) in [6, 6.07) is 10.3. The van der Waals surface area contributed by atoms with Gasteiger partial charge in [0.05, 0.1) is 9.47 Å². The summed E-state index contributed by atoms with van der Waals surface area (Å²) in [5, 5.41) is 11.0. The second-order valence-corrected chi connectivity index (χ2v) is 10.7. The number of amides is 1. The highest BCUT2D eigenvalue weighted by molar-refractivity contribution is 9.11. The van der Waals surface area contributed by atoms with Gasteiger partial charge in [-0.15, -0.1) is 16.4 Å². The fraction of sp³-hybridized carbons (Fsp3) is 0.250. The van der Waals surface area contributed by atoms with E-state index < -0.39 is 10.0 Å². The lowest BCUT2D eigenvalue weighted by molar-refractivity contribution is 0.0698. The van der Waals surface area contributed by atoms with Gasteiger partial charge in [-0.25, -0.2) is 13.1 Å². The minimum atomic E-state index is -3.52. The van der Waals surface area contributed by atoms with E-state index in [1.807, 2.05) is 0 Å². The third-order valence-electron chi connectivity index (χ3n) is 4.40. The third-order valence-corrected chi connectivity index (χ3v) is 8.39. The fourth-order valence-corrected chi connectivity index (χ4v) is 6.50. The molecule has 0 N–H and O–H groups in total. The van der Waals surface area contributed by atoms with Crippen LogP contribution in [0.2, 0.25) is 0 Å². The van der Waals surface area contributed by atoms with E-state index >= 15 is 0 Å². The van der Waals surface area contributed by atoms with Crippen LogP contribution in [0.15, 0.2) is 50.7 Å². The lowest BCUT2D eigenvalue weighted by Crippen LogP contribution is -2.50. The van der Waals surface area contributed by atoms with Crippen LogP contribution in [0.3, 0.4) is 0 Å². The molecule has 0 unspecified atom stereocenters. The molecule has 12 heteroatoms. The number of rotatable bonds is 4. The fourth-order valence-electron chi connectivity index (χ4n) is 2.91. The van der Waals surface area contributed by atoms with Gasteiger partial charge in [-0.05, 0) is 62.8 Å². The maximum absolute atomic E-state index is 12.7. The lowest BCUT2D eigenvalue weighted by Gasteiger charge is -2.33. The van der Waals surface area contributed by atoms with Gasteiger partial charge in [-0.3, -0.25) is 4.79 Å². The van der Waals surface area contributed by atoms with E-state index in [1.54, 1.807) is 41.3 Å². The van der Waals surface area contributed by atoms with Crippen molar-refractivity contribution in [2.45, 2.75) is 4.21 Å². The highest BCUT2D eigenvalue weighted by atomic mass is 79.9. The Labute approximate surface area is 173 Å². The molecule has 4 rings (SSSR count). The van der Waals surface area contributed by atoms with E-state index in [0.29, 0.717) is 22.9 Å². The van der Waals surface area contributed by atoms with Crippen molar-refractivity contribution in [3.63, 3.8) is 0 Å². The first-order valence-corrected chi connectivity index (χ1v) is 11.4. The minimum Gasteiger partial charge on any atom is -0.336 e. The van der Waals surface area contributed by atoms with Crippen molar-refractivity contribution in [2.24, 2.45) is 0 Å². The molecule has 146 valence electrons. The molecule has 3 aromatic rings. The largest absolute Gasteiger partial charge is 0.336 e. The predicted octanol–water partition coefficient (Wildman–Crippen LogP) is 1.63. The smallest absolute Gasteiger partial charge is 0.253 e. The SMILES string of the molecule is O=C(c1ccc(-n2cnnn2)cc1)N1CCN(S(=O)(=O)c2ccc(Br)s2)CC1. The molecular weight excluding hydrogens is 468 g/mol. The van der Waals surface area contributed by atoms with Crippen LogP contribution >= 0.6 is 27.3 Å². The molecule has 0 aliphatic carbocycles. The Morgan fingerprint density at radius 1 is 1.04 bits per heavy atom. The first-order chi connectivity index (χ1) is 13.4. The average Bonchev–Trinajstić information content (AvgIpc) is 3.40. The van der Waals surface area contributed by atoms with Gasteiger partial charge in [0, 0.05) is 31.7 Å². The van der Waals surface area contributed by atoms with Crippen molar-refractivity contribution in [1.29, 1.82) is 0 Å². The Bertz CT molecular complexity index is 1070. The quantitative estimate of drug-likeness (QED) is 0.559. The normalized spacial score (nSPS) is 15.7. The zero-order valence-electron chi connectivity index (χ0n) is 14.5. The summed E-state index contributed by atoms with van der Waals surface area (Å²) in [6.45, 7) is 1.23. The van der Waals surface area contributed by atoms with Crippen LogP contribution in [-0.2, 0) is 10.0 Å². The molecule has 1 aliphatic heterocycles. The van der Waals surface area contributed by atoms with E-state index in [2.05, 4.69) is 31.5 Å². The van der Waals surface area contributed by atoms with Crippen molar-refractivity contribution in [2.75, 3.05) is 26.2 Å². The van der Waals surface area contributed by atoms with Crippen LogP contribution in [-0.4, -0.2) is 69.9 Å². The maximum Gasteiger partial charge on any atom is 0.253 e. The van der Waals surface area contributed by atoms with Gasteiger partial charge < -0.3 is 4.90 Å². The Morgan fingerprint density at radius 3 is 2.32 bits per heavy atom. The minimum absolute atomic E-state index is 0.126. The molecule has 0 radical (unpaired) electrons. The third kappa shape index (κ3) is 3.72. The highest BCUT2D eigenvalue weighted by Crippen LogP contribution is 2.29. The second kappa shape index (κ2) is 7.70. The first kappa shape index (κ1) is 19.2. The van der Waals surface area contributed by atoms with E-state index in [4.69, 9.17) is 0 Å². The molecule has 1 saturated heterocycles. The number of aromatic nitrogens is 4. The number of halogens is 1.